The van der Waals surface area contributed by atoms with E-state index < -0.39 is 23.5 Å². The van der Waals surface area contributed by atoms with Gasteiger partial charge >= 0.3 is 0 Å². The first-order valence-corrected chi connectivity index (χ1v) is 14.5. The summed E-state index contributed by atoms with van der Waals surface area (Å²) in [6, 6.07) is 8.77. The molecular formula is C30H43N5O5. The maximum atomic E-state index is 13.9. The average molecular weight is 554 g/mol. The average Bonchev–Trinajstić information content (AvgIpc) is 3.30. The van der Waals surface area contributed by atoms with Gasteiger partial charge in [-0.3, -0.25) is 19.2 Å². The van der Waals surface area contributed by atoms with E-state index in [-0.39, 0.29) is 47.4 Å². The van der Waals surface area contributed by atoms with Crippen LogP contribution < -0.4 is 16.0 Å². The summed E-state index contributed by atoms with van der Waals surface area (Å²) in [6.45, 7) is 9.40. The summed E-state index contributed by atoms with van der Waals surface area (Å²) < 4.78 is 6.00. The molecule has 3 aliphatic heterocycles. The molecule has 5 atom stereocenters. The molecule has 4 amide bonds. The van der Waals surface area contributed by atoms with Gasteiger partial charge in [0.05, 0.1) is 24.5 Å². The van der Waals surface area contributed by atoms with E-state index in [0.29, 0.717) is 32.8 Å². The van der Waals surface area contributed by atoms with E-state index in [1.54, 1.807) is 6.92 Å². The zero-order valence-corrected chi connectivity index (χ0v) is 24.1. The van der Waals surface area contributed by atoms with Crippen LogP contribution in [0.1, 0.15) is 39.2 Å². The van der Waals surface area contributed by atoms with Crippen molar-refractivity contribution in [1.29, 1.82) is 0 Å². The summed E-state index contributed by atoms with van der Waals surface area (Å²) in [5.74, 6) is -0.985. The Morgan fingerprint density at radius 3 is 2.33 bits per heavy atom. The Balaban J connectivity index is 1.29. The first-order chi connectivity index (χ1) is 19.0. The number of ether oxygens (including phenoxy) is 1. The van der Waals surface area contributed by atoms with Crippen molar-refractivity contribution in [3.63, 3.8) is 0 Å². The monoisotopic (exact) mass is 553 g/mol. The molecule has 40 heavy (non-hydrogen) atoms. The third-order valence-corrected chi connectivity index (χ3v) is 9.47. The lowest BCUT2D eigenvalue weighted by Gasteiger charge is -2.50. The quantitative estimate of drug-likeness (QED) is 0.416. The summed E-state index contributed by atoms with van der Waals surface area (Å²) in [5.41, 5.74) is 0.488. The minimum atomic E-state index is -0.896. The zero-order chi connectivity index (χ0) is 28.7. The van der Waals surface area contributed by atoms with Crippen molar-refractivity contribution in [1.82, 2.24) is 25.8 Å². The molecular weight excluding hydrogens is 510 g/mol. The molecule has 1 aromatic rings. The predicted octanol–water partition coefficient (Wildman–Crippen LogP) is 0.765. The maximum Gasteiger partial charge on any atom is 0.245 e. The summed E-state index contributed by atoms with van der Waals surface area (Å²) >= 11 is 0. The Morgan fingerprint density at radius 2 is 1.73 bits per heavy atom. The van der Waals surface area contributed by atoms with Gasteiger partial charge in [0.1, 0.15) is 6.04 Å². The van der Waals surface area contributed by atoms with Crippen LogP contribution in [-0.4, -0.2) is 91.9 Å². The van der Waals surface area contributed by atoms with E-state index in [0.717, 1.165) is 24.9 Å². The number of benzene rings is 1. The first-order valence-electron chi connectivity index (χ1n) is 14.5. The van der Waals surface area contributed by atoms with Gasteiger partial charge in [0.25, 0.3) is 0 Å². The molecule has 218 valence electrons. The van der Waals surface area contributed by atoms with Crippen LogP contribution in [0, 0.1) is 28.6 Å². The molecule has 10 heteroatoms. The van der Waals surface area contributed by atoms with Gasteiger partial charge in [0, 0.05) is 51.1 Å². The van der Waals surface area contributed by atoms with Gasteiger partial charge in [0.2, 0.25) is 23.6 Å². The number of amides is 4. The highest BCUT2D eigenvalue weighted by Gasteiger charge is 2.62. The minimum absolute atomic E-state index is 0.0282. The SMILES string of the molecule is CNC(=O)[C@@H](NC(=O)[C@@H]1CN(C(=O)C2CCNC2)CC12CN(C(=O)[C@H]1CC1(C)C)C2)[C@@H](C)OCc1ccccc1. The molecule has 4 fully saturated rings. The number of hydrogen-bond acceptors (Lipinski definition) is 6. The molecule has 0 aromatic heterocycles. The van der Waals surface area contributed by atoms with Gasteiger partial charge in [-0.05, 0) is 37.3 Å². The first kappa shape index (κ1) is 28.5. The van der Waals surface area contributed by atoms with E-state index >= 15 is 0 Å². The second-order valence-corrected chi connectivity index (χ2v) is 12.9. The fraction of sp³-hybridized carbons (Fsp3) is 0.667. The minimum Gasteiger partial charge on any atom is -0.371 e. The van der Waals surface area contributed by atoms with Crippen molar-refractivity contribution in [3.8, 4) is 0 Å². The molecule has 3 saturated heterocycles. The number of nitrogens with zero attached hydrogens (tertiary/aromatic N) is 2. The highest BCUT2D eigenvalue weighted by Crippen LogP contribution is 2.54. The van der Waals surface area contributed by atoms with Crippen LogP contribution in [0.15, 0.2) is 30.3 Å². The topological polar surface area (TPSA) is 120 Å². The predicted molar refractivity (Wildman–Crippen MR) is 149 cm³/mol. The van der Waals surface area contributed by atoms with Crippen molar-refractivity contribution >= 4 is 23.6 Å². The van der Waals surface area contributed by atoms with Crippen LogP contribution in [-0.2, 0) is 30.5 Å². The summed E-state index contributed by atoms with van der Waals surface area (Å²) in [7, 11) is 1.54. The second kappa shape index (κ2) is 11.1. The lowest BCUT2D eigenvalue weighted by Crippen LogP contribution is -2.65. The molecule has 1 aliphatic carbocycles. The van der Waals surface area contributed by atoms with Crippen molar-refractivity contribution in [3.05, 3.63) is 35.9 Å². The second-order valence-electron chi connectivity index (χ2n) is 12.9. The number of rotatable bonds is 9. The Bertz CT molecular complexity index is 1130. The van der Waals surface area contributed by atoms with Crippen LogP contribution in [0.2, 0.25) is 0 Å². The fourth-order valence-corrected chi connectivity index (χ4v) is 6.62. The van der Waals surface area contributed by atoms with Crippen LogP contribution in [0.25, 0.3) is 0 Å². The van der Waals surface area contributed by atoms with Crippen LogP contribution >= 0.6 is 0 Å². The Hall–Kier alpha value is -2.98. The number of carbonyl (C=O) groups excluding carboxylic acids is 4. The van der Waals surface area contributed by atoms with Crippen molar-refractivity contribution in [2.45, 2.75) is 52.4 Å². The molecule has 0 radical (unpaired) electrons. The van der Waals surface area contributed by atoms with Crippen molar-refractivity contribution in [2.75, 3.05) is 46.3 Å². The molecule has 0 bridgehead atoms. The molecule has 1 spiro atoms. The molecule has 10 nitrogen and oxygen atoms in total. The van der Waals surface area contributed by atoms with Crippen LogP contribution in [0.5, 0.6) is 0 Å². The number of carbonyl (C=O) groups is 4. The molecule has 1 aromatic carbocycles. The zero-order valence-electron chi connectivity index (χ0n) is 24.1. The Labute approximate surface area is 236 Å². The standard InChI is InChI=1S/C30H43N5O5/c1-19(40-15-20-8-6-5-7-9-20)24(26(37)31-4)33-25(36)23-14-34(27(38)21-10-11-32-13-21)16-30(23)17-35(18-30)28(39)22-12-29(22,2)3/h5-9,19,21-24,32H,10-18H2,1-4H3,(H,31,37)(H,33,36)/t19-,21?,22-,23+,24+/m1/s1. The normalized spacial score (nSPS) is 27.6. The summed E-state index contributed by atoms with van der Waals surface area (Å²) in [6.07, 6.45) is 1.09. The number of likely N-dealkylation sites (N-methyl/N-ethyl adjacent to an activating group) is 1. The summed E-state index contributed by atoms with van der Waals surface area (Å²) in [5, 5.41) is 8.86. The number of likely N-dealkylation sites (tertiary alicyclic amines) is 2. The molecule has 5 rings (SSSR count). The van der Waals surface area contributed by atoms with Crippen molar-refractivity contribution < 1.29 is 23.9 Å². The molecule has 3 heterocycles. The lowest BCUT2D eigenvalue weighted by atomic mass is 9.70. The van der Waals surface area contributed by atoms with E-state index in [1.807, 2.05) is 40.1 Å². The van der Waals surface area contributed by atoms with E-state index in [1.165, 1.54) is 7.05 Å². The maximum absolute atomic E-state index is 13.9. The van der Waals surface area contributed by atoms with Gasteiger partial charge in [-0.15, -0.1) is 0 Å². The molecule has 1 saturated carbocycles. The molecule has 3 N–H and O–H groups in total. The smallest absolute Gasteiger partial charge is 0.245 e. The van der Waals surface area contributed by atoms with Gasteiger partial charge in [0.15, 0.2) is 0 Å². The van der Waals surface area contributed by atoms with E-state index in [9.17, 15) is 19.2 Å². The van der Waals surface area contributed by atoms with Gasteiger partial charge in [-0.1, -0.05) is 44.2 Å². The largest absolute Gasteiger partial charge is 0.371 e. The lowest BCUT2D eigenvalue weighted by molar-refractivity contribution is -0.152. The summed E-state index contributed by atoms with van der Waals surface area (Å²) in [4.78, 5) is 56.9. The fourth-order valence-electron chi connectivity index (χ4n) is 6.62. The van der Waals surface area contributed by atoms with Crippen LogP contribution in [0.3, 0.4) is 0 Å². The van der Waals surface area contributed by atoms with Crippen LogP contribution in [0.4, 0.5) is 0 Å². The molecule has 1 unspecified atom stereocenters. The van der Waals surface area contributed by atoms with E-state index in [2.05, 4.69) is 29.8 Å². The Morgan fingerprint density at radius 1 is 1.05 bits per heavy atom. The van der Waals surface area contributed by atoms with E-state index in [4.69, 9.17) is 4.74 Å². The molecule has 4 aliphatic rings. The third-order valence-electron chi connectivity index (χ3n) is 9.47. The van der Waals surface area contributed by atoms with Gasteiger partial charge in [-0.2, -0.15) is 0 Å². The van der Waals surface area contributed by atoms with Gasteiger partial charge in [-0.25, -0.2) is 0 Å². The third kappa shape index (κ3) is 5.61. The van der Waals surface area contributed by atoms with Crippen molar-refractivity contribution in [2.24, 2.45) is 28.6 Å². The number of nitrogens with one attached hydrogen (secondary N) is 3. The Kier molecular flexibility index (Phi) is 7.94. The highest BCUT2D eigenvalue weighted by molar-refractivity contribution is 5.91. The number of hydrogen-bond donors (Lipinski definition) is 3. The van der Waals surface area contributed by atoms with Gasteiger partial charge < -0.3 is 30.5 Å². The highest BCUT2D eigenvalue weighted by atomic mass is 16.5.